The Morgan fingerprint density at radius 1 is 1.33 bits per heavy atom. The van der Waals surface area contributed by atoms with Crippen LogP contribution >= 0.6 is 0 Å². The van der Waals surface area contributed by atoms with Crippen LogP contribution in [0.2, 0.25) is 0 Å². The number of nitrogens with zero attached hydrogens (tertiary/aromatic N) is 3. The highest BCUT2D eigenvalue weighted by Gasteiger charge is 2.31. The molecule has 5 nitrogen and oxygen atoms in total. The first kappa shape index (κ1) is 12.1. The molecule has 1 aromatic heterocycles. The summed E-state index contributed by atoms with van der Waals surface area (Å²) in [4.78, 5) is 6.91. The monoisotopic (exact) mass is 251 g/mol. The molecule has 0 spiro atoms. The smallest absolute Gasteiger partial charge is 0.229 e. The van der Waals surface area contributed by atoms with Gasteiger partial charge in [0.1, 0.15) is 0 Å². The molecule has 1 saturated carbocycles. The van der Waals surface area contributed by atoms with E-state index in [1.807, 2.05) is 0 Å². The van der Waals surface area contributed by atoms with Gasteiger partial charge in [-0.1, -0.05) is 5.16 Å². The molecular weight excluding hydrogens is 230 g/mol. The Hall–Kier alpha value is -0.940. The Morgan fingerprint density at radius 3 is 3.00 bits per heavy atom. The zero-order valence-corrected chi connectivity index (χ0v) is 10.7. The minimum atomic E-state index is 0.290. The lowest BCUT2D eigenvalue weighted by atomic mass is 10.1. The number of aromatic nitrogens is 2. The lowest BCUT2D eigenvalue weighted by Crippen LogP contribution is -2.29. The molecule has 0 radical (unpaired) electrons. The van der Waals surface area contributed by atoms with Crippen molar-refractivity contribution in [1.82, 2.24) is 15.0 Å². The van der Waals surface area contributed by atoms with Gasteiger partial charge in [-0.25, -0.2) is 0 Å². The van der Waals surface area contributed by atoms with Gasteiger partial charge in [0.25, 0.3) is 0 Å². The van der Waals surface area contributed by atoms with Crippen LogP contribution in [-0.2, 0) is 6.54 Å². The van der Waals surface area contributed by atoms with E-state index in [1.165, 1.54) is 25.7 Å². The van der Waals surface area contributed by atoms with E-state index >= 15 is 0 Å². The van der Waals surface area contributed by atoms with Crippen molar-refractivity contribution in [2.24, 2.45) is 0 Å². The van der Waals surface area contributed by atoms with Gasteiger partial charge in [-0.2, -0.15) is 4.98 Å². The standard InChI is InChI=1S/C13H21N3O2/c17-8-2-4-11-3-1-7-16(11)9-12-14-13(18-15-12)10-5-6-10/h10-11,17H,1-9H2. The largest absolute Gasteiger partial charge is 0.396 e. The third-order valence-electron chi connectivity index (χ3n) is 3.95. The van der Waals surface area contributed by atoms with Crippen LogP contribution in [0.5, 0.6) is 0 Å². The van der Waals surface area contributed by atoms with Gasteiger partial charge in [-0.3, -0.25) is 4.90 Å². The van der Waals surface area contributed by atoms with Gasteiger partial charge < -0.3 is 9.63 Å². The highest BCUT2D eigenvalue weighted by molar-refractivity contribution is 5.02. The van der Waals surface area contributed by atoms with Crippen LogP contribution in [0, 0.1) is 0 Å². The van der Waals surface area contributed by atoms with Gasteiger partial charge in [0, 0.05) is 18.6 Å². The minimum absolute atomic E-state index is 0.290. The average Bonchev–Trinajstić information content (AvgIpc) is 2.97. The first-order chi connectivity index (χ1) is 8.86. The molecule has 1 aromatic rings. The second kappa shape index (κ2) is 5.36. The van der Waals surface area contributed by atoms with E-state index in [2.05, 4.69) is 15.0 Å². The summed E-state index contributed by atoms with van der Waals surface area (Å²) in [5.74, 6) is 2.19. The summed E-state index contributed by atoms with van der Waals surface area (Å²) in [5.41, 5.74) is 0. The molecule has 1 aliphatic heterocycles. The molecule has 0 bridgehead atoms. The van der Waals surface area contributed by atoms with Gasteiger partial charge in [-0.15, -0.1) is 0 Å². The van der Waals surface area contributed by atoms with E-state index in [9.17, 15) is 0 Å². The third-order valence-corrected chi connectivity index (χ3v) is 3.95. The third kappa shape index (κ3) is 2.72. The van der Waals surface area contributed by atoms with Crippen LogP contribution in [0.25, 0.3) is 0 Å². The van der Waals surface area contributed by atoms with E-state index < -0.39 is 0 Å². The Bertz CT molecular complexity index is 389. The Balaban J connectivity index is 1.56. The summed E-state index contributed by atoms with van der Waals surface area (Å²) in [7, 11) is 0. The molecule has 2 aliphatic rings. The first-order valence-corrected chi connectivity index (χ1v) is 7.04. The number of rotatable bonds is 6. The topological polar surface area (TPSA) is 62.4 Å². The summed E-state index contributed by atoms with van der Waals surface area (Å²) in [6.45, 7) is 2.20. The molecule has 0 amide bonds. The number of likely N-dealkylation sites (tertiary alicyclic amines) is 1. The van der Waals surface area contributed by atoms with Crippen LogP contribution in [-0.4, -0.2) is 39.3 Å². The van der Waals surface area contributed by atoms with Crippen molar-refractivity contribution in [3.05, 3.63) is 11.7 Å². The van der Waals surface area contributed by atoms with E-state index in [4.69, 9.17) is 9.63 Å². The van der Waals surface area contributed by atoms with E-state index in [-0.39, 0.29) is 0 Å². The van der Waals surface area contributed by atoms with E-state index in [1.54, 1.807) is 0 Å². The van der Waals surface area contributed by atoms with Crippen LogP contribution in [0.4, 0.5) is 0 Å². The molecule has 18 heavy (non-hydrogen) atoms. The molecule has 0 aromatic carbocycles. The highest BCUT2D eigenvalue weighted by Crippen LogP contribution is 2.39. The molecule has 1 aliphatic carbocycles. The normalized spacial score (nSPS) is 24.8. The lowest BCUT2D eigenvalue weighted by Gasteiger charge is -2.22. The summed E-state index contributed by atoms with van der Waals surface area (Å²) >= 11 is 0. The number of hydrogen-bond donors (Lipinski definition) is 1. The molecule has 100 valence electrons. The molecule has 5 heteroatoms. The van der Waals surface area contributed by atoms with Gasteiger partial charge in [0.15, 0.2) is 5.82 Å². The zero-order chi connectivity index (χ0) is 12.4. The van der Waals surface area contributed by atoms with Gasteiger partial charge in [0.05, 0.1) is 6.54 Å². The van der Waals surface area contributed by atoms with Crippen LogP contribution in [0.1, 0.15) is 56.2 Å². The minimum Gasteiger partial charge on any atom is -0.396 e. The van der Waals surface area contributed by atoms with Gasteiger partial charge >= 0.3 is 0 Å². The molecule has 1 atom stereocenters. The molecule has 1 N–H and O–H groups in total. The number of hydrogen-bond acceptors (Lipinski definition) is 5. The molecular formula is C13H21N3O2. The fourth-order valence-electron chi connectivity index (χ4n) is 2.77. The van der Waals surface area contributed by atoms with Crippen LogP contribution < -0.4 is 0 Å². The molecule has 2 fully saturated rings. The predicted octanol–water partition coefficient (Wildman–Crippen LogP) is 1.68. The maximum absolute atomic E-state index is 8.92. The predicted molar refractivity (Wildman–Crippen MR) is 66.0 cm³/mol. The quantitative estimate of drug-likeness (QED) is 0.833. The Labute approximate surface area is 107 Å². The lowest BCUT2D eigenvalue weighted by molar-refractivity contribution is 0.204. The van der Waals surface area contributed by atoms with Crippen LogP contribution in [0.15, 0.2) is 4.52 Å². The van der Waals surface area contributed by atoms with E-state index in [0.717, 1.165) is 37.6 Å². The Morgan fingerprint density at radius 2 is 2.22 bits per heavy atom. The molecule has 3 rings (SSSR count). The fraction of sp³-hybridized carbons (Fsp3) is 0.846. The fourth-order valence-corrected chi connectivity index (χ4v) is 2.77. The summed E-state index contributed by atoms with van der Waals surface area (Å²) in [5, 5.41) is 13.0. The van der Waals surface area contributed by atoms with Crippen molar-refractivity contribution in [3.8, 4) is 0 Å². The van der Waals surface area contributed by atoms with Crippen molar-refractivity contribution >= 4 is 0 Å². The molecule has 2 heterocycles. The second-order valence-corrected chi connectivity index (χ2v) is 5.46. The maximum atomic E-state index is 8.92. The van der Waals surface area contributed by atoms with Crippen molar-refractivity contribution < 1.29 is 9.63 Å². The van der Waals surface area contributed by atoms with Crippen molar-refractivity contribution in [2.75, 3.05) is 13.2 Å². The SMILES string of the molecule is OCCCC1CCCN1Cc1noc(C2CC2)n1. The summed E-state index contributed by atoms with van der Waals surface area (Å²) in [6.07, 6.45) is 6.83. The van der Waals surface area contributed by atoms with Crippen molar-refractivity contribution in [3.63, 3.8) is 0 Å². The van der Waals surface area contributed by atoms with Crippen LogP contribution in [0.3, 0.4) is 0 Å². The number of aliphatic hydroxyl groups is 1. The van der Waals surface area contributed by atoms with Crippen molar-refractivity contribution in [1.29, 1.82) is 0 Å². The molecule has 1 unspecified atom stereocenters. The molecule has 1 saturated heterocycles. The second-order valence-electron chi connectivity index (χ2n) is 5.46. The summed E-state index contributed by atoms with van der Waals surface area (Å²) < 4.78 is 5.29. The van der Waals surface area contributed by atoms with Gasteiger partial charge in [0.2, 0.25) is 5.89 Å². The van der Waals surface area contributed by atoms with Gasteiger partial charge in [-0.05, 0) is 45.1 Å². The number of aliphatic hydroxyl groups excluding tert-OH is 1. The first-order valence-electron chi connectivity index (χ1n) is 7.04. The summed E-state index contributed by atoms with van der Waals surface area (Å²) in [6, 6.07) is 0.583. The maximum Gasteiger partial charge on any atom is 0.229 e. The van der Waals surface area contributed by atoms with Crippen molar-refractivity contribution in [2.45, 2.75) is 57.0 Å². The highest BCUT2D eigenvalue weighted by atomic mass is 16.5. The average molecular weight is 251 g/mol. The Kier molecular flexibility index (Phi) is 3.61. The zero-order valence-electron chi connectivity index (χ0n) is 10.7. The van der Waals surface area contributed by atoms with E-state index in [0.29, 0.717) is 18.6 Å².